The molecule has 3 unspecified atom stereocenters. The Hall–Kier alpha value is -3.77. The summed E-state index contributed by atoms with van der Waals surface area (Å²) in [6, 6.07) is 7.64. The minimum Gasteiger partial charge on any atom is -0.478 e. The molecule has 5 aliphatic rings. The molecule has 292 valence electrons. The van der Waals surface area contributed by atoms with Gasteiger partial charge in [0.05, 0.1) is 5.56 Å². The van der Waals surface area contributed by atoms with Crippen LogP contribution in [0.15, 0.2) is 43.0 Å². The third kappa shape index (κ3) is 8.96. The number of carbonyl (C=O) groups is 3. The summed E-state index contributed by atoms with van der Waals surface area (Å²) >= 11 is 0. The largest absolute Gasteiger partial charge is 0.478 e. The quantitative estimate of drug-likeness (QED) is 0.113. The van der Waals surface area contributed by atoms with Crippen molar-refractivity contribution in [1.82, 2.24) is 10.6 Å². The Morgan fingerprint density at radius 3 is 2.04 bits per heavy atom. The molecule has 0 radical (unpaired) electrons. The van der Waals surface area contributed by atoms with E-state index in [0.29, 0.717) is 52.6 Å². The molecule has 0 bridgehead atoms. The fourth-order valence-corrected chi connectivity index (χ4v) is 12.3. The predicted octanol–water partition coefficient (Wildman–Crippen LogP) is 10.2. The molecule has 8 atom stereocenters. The molecule has 3 N–H and O–H groups in total. The van der Waals surface area contributed by atoms with E-state index < -0.39 is 5.97 Å². The van der Waals surface area contributed by atoms with Crippen LogP contribution in [0.1, 0.15) is 142 Å². The van der Waals surface area contributed by atoms with E-state index >= 15 is 0 Å². The predicted molar refractivity (Wildman–Crippen MR) is 221 cm³/mol. The minimum absolute atomic E-state index is 0.0360. The van der Waals surface area contributed by atoms with E-state index in [1.807, 2.05) is 19.1 Å². The number of carbonyl (C=O) groups excluding carboxylic acids is 2. The number of terminal acetylenes is 2. The number of amides is 2. The van der Waals surface area contributed by atoms with Crippen molar-refractivity contribution in [3.8, 4) is 25.7 Å². The summed E-state index contributed by atoms with van der Waals surface area (Å²) < 4.78 is 0. The maximum atomic E-state index is 11.4. The van der Waals surface area contributed by atoms with Crippen LogP contribution < -0.4 is 10.6 Å². The van der Waals surface area contributed by atoms with Gasteiger partial charge >= 0.3 is 5.97 Å². The molecule has 1 aromatic rings. The molecule has 5 aliphatic carbocycles. The Kier molecular flexibility index (Phi) is 16.3. The molecule has 6 heteroatoms. The van der Waals surface area contributed by atoms with Crippen molar-refractivity contribution in [2.75, 3.05) is 13.1 Å². The van der Waals surface area contributed by atoms with E-state index in [1.54, 1.807) is 18.2 Å². The van der Waals surface area contributed by atoms with Crippen molar-refractivity contribution in [3.05, 3.63) is 54.1 Å². The van der Waals surface area contributed by atoms with Crippen LogP contribution in [-0.2, 0) is 9.59 Å². The summed E-state index contributed by atoms with van der Waals surface area (Å²) in [4.78, 5) is 31.4. The SMILES string of the molecule is C#C.C#C.C=CC.CC(=O)NCCCNC=O.CC1(C)C(c2ccc(C(=O)O)cc2)=CC[C@@]2(C)C1CC[C@]1(C)C2CC[C@@H]2C3CCC[C@]3(C)CC[C@]21C. The number of carboxylic acid groups (broad SMARTS) is 1. The summed E-state index contributed by atoms with van der Waals surface area (Å²) in [6.07, 6.45) is 35.8. The van der Waals surface area contributed by atoms with Gasteiger partial charge in [0.25, 0.3) is 0 Å². The highest BCUT2D eigenvalue weighted by atomic mass is 16.4. The van der Waals surface area contributed by atoms with Crippen molar-refractivity contribution < 1.29 is 19.5 Å². The molecule has 4 saturated carbocycles. The second-order valence-corrected chi connectivity index (χ2v) is 17.6. The first-order valence-electron chi connectivity index (χ1n) is 19.8. The number of benzene rings is 1. The highest BCUT2D eigenvalue weighted by Crippen LogP contribution is 2.77. The second kappa shape index (κ2) is 19.0. The average molecular weight is 727 g/mol. The zero-order valence-corrected chi connectivity index (χ0v) is 34.2. The smallest absolute Gasteiger partial charge is 0.335 e. The molecule has 0 aromatic heterocycles. The number of carboxylic acids is 1. The Morgan fingerprint density at radius 2 is 1.47 bits per heavy atom. The number of aromatic carboxylic acids is 1. The molecule has 6 rings (SSSR count). The van der Waals surface area contributed by atoms with Gasteiger partial charge in [0, 0.05) is 20.0 Å². The number of allylic oxidation sites excluding steroid dienone is 3. The fraction of sp³-hybridized carbons (Fsp3) is 0.638. The molecule has 53 heavy (non-hydrogen) atoms. The maximum absolute atomic E-state index is 11.4. The number of hydrogen-bond acceptors (Lipinski definition) is 3. The van der Waals surface area contributed by atoms with Crippen LogP contribution in [0.5, 0.6) is 0 Å². The van der Waals surface area contributed by atoms with E-state index in [-0.39, 0.29) is 11.3 Å². The first-order chi connectivity index (χ1) is 25.1. The van der Waals surface area contributed by atoms with Crippen molar-refractivity contribution in [2.24, 2.45) is 50.7 Å². The molecule has 0 spiro atoms. The van der Waals surface area contributed by atoms with Crippen LogP contribution in [0.4, 0.5) is 0 Å². The Labute approximate surface area is 322 Å². The first-order valence-corrected chi connectivity index (χ1v) is 19.8. The summed E-state index contributed by atoms with van der Waals surface area (Å²) in [7, 11) is 0. The highest BCUT2D eigenvalue weighted by molar-refractivity contribution is 5.88. The van der Waals surface area contributed by atoms with Crippen molar-refractivity contribution in [3.63, 3.8) is 0 Å². The van der Waals surface area contributed by atoms with Crippen LogP contribution in [0.2, 0.25) is 0 Å². The number of nitrogens with one attached hydrogen (secondary N) is 2. The van der Waals surface area contributed by atoms with Crippen LogP contribution in [0, 0.1) is 76.4 Å². The van der Waals surface area contributed by atoms with Gasteiger partial charge in [0.1, 0.15) is 0 Å². The van der Waals surface area contributed by atoms with Gasteiger partial charge in [0.2, 0.25) is 12.3 Å². The average Bonchev–Trinajstić information content (AvgIpc) is 3.52. The highest BCUT2D eigenvalue weighted by Gasteiger charge is 2.68. The van der Waals surface area contributed by atoms with E-state index in [9.17, 15) is 19.5 Å². The molecule has 4 fully saturated rings. The lowest BCUT2D eigenvalue weighted by Crippen LogP contribution is -2.64. The normalized spacial score (nSPS) is 33.9. The summed E-state index contributed by atoms with van der Waals surface area (Å²) in [5, 5.41) is 14.5. The van der Waals surface area contributed by atoms with Crippen LogP contribution >= 0.6 is 0 Å². The summed E-state index contributed by atoms with van der Waals surface area (Å²) in [5.74, 6) is 2.47. The monoisotopic (exact) mass is 727 g/mol. The van der Waals surface area contributed by atoms with Crippen molar-refractivity contribution in [1.29, 1.82) is 0 Å². The number of hydrogen-bond donors (Lipinski definition) is 3. The van der Waals surface area contributed by atoms with Crippen LogP contribution in [-0.4, -0.2) is 36.5 Å². The molecule has 0 aliphatic heterocycles. The van der Waals surface area contributed by atoms with Gasteiger partial charge < -0.3 is 15.7 Å². The zero-order valence-electron chi connectivity index (χ0n) is 34.2. The second-order valence-electron chi connectivity index (χ2n) is 17.6. The van der Waals surface area contributed by atoms with Crippen LogP contribution in [0.3, 0.4) is 0 Å². The first kappa shape index (κ1) is 45.4. The summed E-state index contributed by atoms with van der Waals surface area (Å²) in [6.45, 7) is 23.7. The van der Waals surface area contributed by atoms with Gasteiger partial charge in [-0.3, -0.25) is 9.59 Å². The van der Waals surface area contributed by atoms with E-state index in [2.05, 4.69) is 90.5 Å². The molecule has 0 saturated heterocycles. The van der Waals surface area contributed by atoms with Gasteiger partial charge in [-0.25, -0.2) is 4.79 Å². The lowest BCUT2D eigenvalue weighted by atomic mass is 9.33. The van der Waals surface area contributed by atoms with Gasteiger partial charge in [0.15, 0.2) is 0 Å². The van der Waals surface area contributed by atoms with E-state index in [1.165, 1.54) is 82.3 Å². The van der Waals surface area contributed by atoms with Gasteiger partial charge in [-0.2, -0.15) is 0 Å². The molecule has 6 nitrogen and oxygen atoms in total. The summed E-state index contributed by atoms with van der Waals surface area (Å²) in [5.41, 5.74) is 5.00. The number of rotatable bonds is 7. The maximum Gasteiger partial charge on any atom is 0.335 e. The molecule has 2 amide bonds. The standard InChI is InChI=1S/C34H48O2.C6H12N2O2.C3H6.2C2H2/c1-30(2)24(22-9-11-23(12-10-22)29(35)36)15-18-32(4)27(30)16-19-34(6)28(32)14-13-26-25-8-7-17-31(25,3)20-21-33(26,34)5;1-6(10)8-4-2-3-7-5-9;1-3-2;2*1-2/h9-12,15,25-28H,7-8,13-14,16-21H2,1-6H3,(H,35,36);5H,2-4H2,1H3,(H,7,9)(H,8,10);3H,1H2,2H3;2*1-2H/t25?,26-,27?,28?,31-,32+,33-,34-;;;;/m1..../s1. The molecular formula is C47H70N2O4. The fourth-order valence-electron chi connectivity index (χ4n) is 12.3. The molecular weight excluding hydrogens is 657 g/mol. The Bertz CT molecular complexity index is 1470. The minimum atomic E-state index is -0.845. The molecule has 0 heterocycles. The van der Waals surface area contributed by atoms with E-state index in [4.69, 9.17) is 0 Å². The van der Waals surface area contributed by atoms with Crippen molar-refractivity contribution >= 4 is 23.9 Å². The van der Waals surface area contributed by atoms with Gasteiger partial charge in [-0.15, -0.1) is 32.3 Å². The Balaban J connectivity index is 0.000000486. The van der Waals surface area contributed by atoms with E-state index in [0.717, 1.165) is 24.2 Å². The molecule has 1 aromatic carbocycles. The van der Waals surface area contributed by atoms with Crippen LogP contribution in [0.25, 0.3) is 5.57 Å². The lowest BCUT2D eigenvalue weighted by molar-refractivity contribution is -0.221. The third-order valence-corrected chi connectivity index (χ3v) is 14.8. The van der Waals surface area contributed by atoms with Gasteiger partial charge in [-0.05, 0) is 145 Å². The Morgan fingerprint density at radius 1 is 0.849 bits per heavy atom. The lowest BCUT2D eigenvalue weighted by Gasteiger charge is -2.72. The van der Waals surface area contributed by atoms with Gasteiger partial charge in [-0.1, -0.05) is 72.2 Å². The zero-order chi connectivity index (χ0) is 40.3. The van der Waals surface area contributed by atoms with Crippen molar-refractivity contribution in [2.45, 2.75) is 126 Å². The number of fused-ring (bicyclic) bond motifs is 7. The third-order valence-electron chi connectivity index (χ3n) is 14.8. The topological polar surface area (TPSA) is 95.5 Å².